The fourth-order valence-corrected chi connectivity index (χ4v) is 4.75. The number of nitrogens with zero attached hydrogens (tertiary/aromatic N) is 1. The minimum atomic E-state index is 0.153. The normalized spacial score (nSPS) is 18.1. The van der Waals surface area contributed by atoms with Crippen LogP contribution < -0.4 is 5.73 Å². The average molecular weight is 341 g/mol. The first-order chi connectivity index (χ1) is 10.2. The molecule has 0 aliphatic heterocycles. The second-order valence-electron chi connectivity index (χ2n) is 5.64. The molecule has 0 radical (unpaired) electrons. The molecular weight excluding hydrogens is 320 g/mol. The van der Waals surface area contributed by atoms with Gasteiger partial charge in [0.25, 0.3) is 0 Å². The van der Waals surface area contributed by atoms with Gasteiger partial charge in [-0.1, -0.05) is 24.6 Å². The topological polar surface area (TPSA) is 29.3 Å². The highest BCUT2D eigenvalue weighted by Gasteiger charge is 2.37. The predicted molar refractivity (Wildman–Crippen MR) is 93.2 cm³/mol. The molecule has 0 aromatic carbocycles. The van der Waals surface area contributed by atoms with E-state index in [9.17, 15) is 0 Å². The molecule has 2 nitrogen and oxygen atoms in total. The Morgan fingerprint density at radius 2 is 2.19 bits per heavy atom. The smallest absolute Gasteiger partial charge is 0.0931 e. The van der Waals surface area contributed by atoms with Crippen LogP contribution in [0, 0.1) is 0 Å². The van der Waals surface area contributed by atoms with Gasteiger partial charge in [-0.2, -0.15) is 0 Å². The third-order valence-corrected chi connectivity index (χ3v) is 6.22. The van der Waals surface area contributed by atoms with Crippen molar-refractivity contribution in [2.24, 2.45) is 5.73 Å². The maximum atomic E-state index is 6.48. The molecule has 21 heavy (non-hydrogen) atoms. The van der Waals surface area contributed by atoms with Crippen molar-refractivity contribution in [1.82, 2.24) is 4.90 Å². The molecule has 5 heteroatoms. The Morgan fingerprint density at radius 1 is 1.38 bits per heavy atom. The zero-order chi connectivity index (χ0) is 14.8. The quantitative estimate of drug-likeness (QED) is 0.776. The Kier molecular flexibility index (Phi) is 5.02. The fraction of sp³-hybridized carbons (Fsp3) is 0.500. The van der Waals surface area contributed by atoms with E-state index in [1.807, 2.05) is 17.4 Å². The van der Waals surface area contributed by atoms with Crippen LogP contribution in [0.2, 0.25) is 4.34 Å². The summed E-state index contributed by atoms with van der Waals surface area (Å²) < 4.78 is 0.852. The summed E-state index contributed by atoms with van der Waals surface area (Å²) in [6.45, 7) is 3.17. The van der Waals surface area contributed by atoms with Crippen molar-refractivity contribution < 1.29 is 0 Å². The van der Waals surface area contributed by atoms with Crippen LogP contribution in [0.1, 0.15) is 42.0 Å². The van der Waals surface area contributed by atoms with E-state index in [2.05, 4.69) is 35.4 Å². The van der Waals surface area contributed by atoms with E-state index in [1.165, 1.54) is 22.6 Å². The van der Waals surface area contributed by atoms with E-state index in [4.69, 9.17) is 17.3 Å². The number of halogens is 1. The Morgan fingerprint density at radius 3 is 2.71 bits per heavy atom. The predicted octanol–water partition coefficient (Wildman–Crippen LogP) is 4.91. The summed E-state index contributed by atoms with van der Waals surface area (Å²) in [5, 5.41) is 2.15. The Balaban J connectivity index is 1.88. The molecule has 1 aliphatic carbocycles. The van der Waals surface area contributed by atoms with Gasteiger partial charge in [0, 0.05) is 28.4 Å². The molecule has 0 amide bonds. The molecule has 114 valence electrons. The molecule has 3 rings (SSSR count). The molecule has 2 aromatic rings. The summed E-state index contributed by atoms with van der Waals surface area (Å²) in [6, 6.07) is 9.60. The van der Waals surface area contributed by atoms with E-state index < -0.39 is 0 Å². The molecular formula is C16H21ClN2S2. The molecule has 0 bridgehead atoms. The van der Waals surface area contributed by atoms with Crippen LogP contribution in [0.15, 0.2) is 29.6 Å². The van der Waals surface area contributed by atoms with Gasteiger partial charge in [0.15, 0.2) is 0 Å². The molecule has 0 saturated heterocycles. The number of thiophene rings is 2. The zero-order valence-electron chi connectivity index (χ0n) is 12.2. The second kappa shape index (κ2) is 6.80. The molecule has 0 spiro atoms. The van der Waals surface area contributed by atoms with Gasteiger partial charge in [-0.15, -0.1) is 22.7 Å². The lowest BCUT2D eigenvalue weighted by atomic mass is 10.0. The number of rotatable bonds is 7. The van der Waals surface area contributed by atoms with Gasteiger partial charge in [-0.25, -0.2) is 0 Å². The highest BCUT2D eigenvalue weighted by atomic mass is 35.5. The first-order valence-electron chi connectivity index (χ1n) is 7.48. The number of nitrogens with two attached hydrogens (primary N) is 1. The molecule has 2 unspecified atom stereocenters. The summed E-state index contributed by atoms with van der Waals surface area (Å²) >= 11 is 9.66. The molecule has 1 fully saturated rings. The summed E-state index contributed by atoms with van der Waals surface area (Å²) in [4.78, 5) is 5.32. The summed E-state index contributed by atoms with van der Waals surface area (Å²) in [6.07, 6.45) is 3.56. The first-order valence-corrected chi connectivity index (χ1v) is 9.55. The lowest BCUT2D eigenvalue weighted by molar-refractivity contribution is 0.155. The molecule has 2 heterocycles. The van der Waals surface area contributed by atoms with Crippen molar-refractivity contribution in [2.45, 2.75) is 50.9 Å². The Labute approximate surface area is 139 Å². The van der Waals surface area contributed by atoms with Crippen molar-refractivity contribution in [3.8, 4) is 0 Å². The van der Waals surface area contributed by atoms with Crippen molar-refractivity contribution >= 4 is 34.3 Å². The van der Waals surface area contributed by atoms with E-state index in [1.54, 1.807) is 11.3 Å². The van der Waals surface area contributed by atoms with Crippen LogP contribution in [0.25, 0.3) is 0 Å². The Bertz CT molecular complexity index is 563. The van der Waals surface area contributed by atoms with E-state index in [-0.39, 0.29) is 12.1 Å². The van der Waals surface area contributed by atoms with Gasteiger partial charge in [0.1, 0.15) is 0 Å². The fourth-order valence-electron chi connectivity index (χ4n) is 2.77. The number of hydrogen-bond donors (Lipinski definition) is 1. The average Bonchev–Trinajstić information content (AvgIpc) is 3.03. The van der Waals surface area contributed by atoms with Gasteiger partial charge in [0.05, 0.1) is 10.4 Å². The van der Waals surface area contributed by atoms with Crippen molar-refractivity contribution in [2.75, 3.05) is 0 Å². The summed E-state index contributed by atoms with van der Waals surface area (Å²) in [5.74, 6) is 0. The van der Waals surface area contributed by atoms with E-state index >= 15 is 0 Å². The maximum Gasteiger partial charge on any atom is 0.0931 e. The van der Waals surface area contributed by atoms with Crippen molar-refractivity contribution in [3.63, 3.8) is 0 Å². The van der Waals surface area contributed by atoms with Crippen LogP contribution >= 0.6 is 34.3 Å². The highest BCUT2D eigenvalue weighted by molar-refractivity contribution is 7.16. The lowest BCUT2D eigenvalue weighted by Crippen LogP contribution is -2.41. The van der Waals surface area contributed by atoms with Crippen LogP contribution in [-0.2, 0) is 6.54 Å². The molecule has 2 aromatic heterocycles. The highest BCUT2D eigenvalue weighted by Crippen LogP contribution is 2.40. The van der Waals surface area contributed by atoms with Crippen molar-refractivity contribution in [1.29, 1.82) is 0 Å². The second-order valence-corrected chi connectivity index (χ2v) is 8.42. The van der Waals surface area contributed by atoms with Crippen LogP contribution in [0.5, 0.6) is 0 Å². The monoisotopic (exact) mass is 340 g/mol. The first kappa shape index (κ1) is 15.5. The Hall–Kier alpha value is -0.390. The van der Waals surface area contributed by atoms with Crippen LogP contribution in [-0.4, -0.2) is 17.0 Å². The van der Waals surface area contributed by atoms with Gasteiger partial charge in [0.2, 0.25) is 0 Å². The molecule has 2 atom stereocenters. The lowest BCUT2D eigenvalue weighted by Gasteiger charge is -2.34. The van der Waals surface area contributed by atoms with Gasteiger partial charge >= 0.3 is 0 Å². The van der Waals surface area contributed by atoms with Crippen LogP contribution in [0.3, 0.4) is 0 Å². The molecule has 1 saturated carbocycles. The van der Waals surface area contributed by atoms with E-state index in [0.29, 0.717) is 6.04 Å². The molecule has 1 aliphatic rings. The SMILES string of the molecule is CCC(N)C(c1ccc(Cl)s1)N(Cc1cccs1)C1CC1. The minimum absolute atomic E-state index is 0.153. The largest absolute Gasteiger partial charge is 0.326 e. The molecule has 2 N–H and O–H groups in total. The standard InChI is InChI=1S/C16H21ClN2S2/c1-2-13(18)16(14-7-8-15(17)21-14)19(11-5-6-11)10-12-4-3-9-20-12/h3-4,7-9,11,13,16H,2,5-6,10,18H2,1H3. The third kappa shape index (κ3) is 3.69. The van der Waals surface area contributed by atoms with E-state index in [0.717, 1.165) is 17.3 Å². The minimum Gasteiger partial charge on any atom is -0.326 e. The summed E-state index contributed by atoms with van der Waals surface area (Å²) in [5.41, 5.74) is 6.48. The van der Waals surface area contributed by atoms with Crippen molar-refractivity contribution in [3.05, 3.63) is 43.7 Å². The van der Waals surface area contributed by atoms with Gasteiger partial charge in [-0.05, 0) is 42.8 Å². The maximum absolute atomic E-state index is 6.48. The third-order valence-electron chi connectivity index (χ3n) is 4.05. The number of hydrogen-bond acceptors (Lipinski definition) is 4. The van der Waals surface area contributed by atoms with Gasteiger partial charge in [-0.3, -0.25) is 4.90 Å². The summed E-state index contributed by atoms with van der Waals surface area (Å²) in [7, 11) is 0. The van der Waals surface area contributed by atoms with Crippen LogP contribution in [0.4, 0.5) is 0 Å². The van der Waals surface area contributed by atoms with Gasteiger partial charge < -0.3 is 5.73 Å². The zero-order valence-corrected chi connectivity index (χ0v) is 14.6.